The third-order valence-corrected chi connectivity index (χ3v) is 3.94. The Morgan fingerprint density at radius 3 is 2.74 bits per heavy atom. The number of hydrogen-bond donors (Lipinski definition) is 1. The van der Waals surface area contributed by atoms with E-state index in [1.54, 1.807) is 31.2 Å². The van der Waals surface area contributed by atoms with Gasteiger partial charge in [0.1, 0.15) is 5.75 Å². The second-order valence-electron chi connectivity index (χ2n) is 5.91. The fourth-order valence-corrected chi connectivity index (χ4v) is 2.59. The molecule has 2 aromatic carbocycles. The Kier molecular flexibility index (Phi) is 4.61. The van der Waals surface area contributed by atoms with Crippen molar-refractivity contribution in [2.75, 3.05) is 6.79 Å². The Morgan fingerprint density at radius 1 is 1.15 bits per heavy atom. The number of aromatic nitrogens is 2. The van der Waals surface area contributed by atoms with Crippen LogP contribution in [-0.2, 0) is 13.2 Å². The molecule has 0 unspecified atom stereocenters. The molecule has 1 amide bonds. The molecule has 0 fully saturated rings. The van der Waals surface area contributed by atoms with Crippen LogP contribution in [0, 0.1) is 6.92 Å². The monoisotopic (exact) mass is 367 g/mol. The van der Waals surface area contributed by atoms with Crippen LogP contribution in [0.5, 0.6) is 17.2 Å². The zero-order valence-electron chi connectivity index (χ0n) is 14.6. The number of carbonyl (C=O) groups is 1. The summed E-state index contributed by atoms with van der Waals surface area (Å²) < 4.78 is 21.1. The number of nitrogens with one attached hydrogen (secondary N) is 1. The summed E-state index contributed by atoms with van der Waals surface area (Å²) in [5, 5.41) is 6.64. The number of benzene rings is 2. The molecule has 2 heterocycles. The Bertz CT molecular complexity index is 952. The summed E-state index contributed by atoms with van der Waals surface area (Å²) in [7, 11) is 0. The van der Waals surface area contributed by atoms with Gasteiger partial charge in [-0.15, -0.1) is 0 Å². The third kappa shape index (κ3) is 4.00. The number of fused-ring (bicyclic) bond motifs is 1. The third-order valence-electron chi connectivity index (χ3n) is 3.94. The first-order valence-electron chi connectivity index (χ1n) is 8.36. The Morgan fingerprint density at radius 2 is 1.96 bits per heavy atom. The van der Waals surface area contributed by atoms with Gasteiger partial charge in [-0.1, -0.05) is 11.2 Å². The van der Waals surface area contributed by atoms with E-state index in [1.165, 1.54) is 0 Å². The van der Waals surface area contributed by atoms with Crippen molar-refractivity contribution in [3.8, 4) is 17.2 Å². The minimum atomic E-state index is -0.173. The molecule has 27 heavy (non-hydrogen) atoms. The summed E-state index contributed by atoms with van der Waals surface area (Å²) in [6.07, 6.45) is 0. The summed E-state index contributed by atoms with van der Waals surface area (Å²) >= 11 is 0. The van der Waals surface area contributed by atoms with Crippen LogP contribution in [0.1, 0.15) is 27.6 Å². The van der Waals surface area contributed by atoms with Crippen molar-refractivity contribution in [3.63, 3.8) is 0 Å². The predicted molar refractivity (Wildman–Crippen MR) is 93.5 cm³/mol. The first kappa shape index (κ1) is 16.9. The number of amides is 1. The maximum absolute atomic E-state index is 12.3. The van der Waals surface area contributed by atoms with Gasteiger partial charge in [0.2, 0.25) is 18.5 Å². The number of carbonyl (C=O) groups excluding carboxylic acids is 1. The largest absolute Gasteiger partial charge is 0.485 e. The highest BCUT2D eigenvalue weighted by molar-refractivity contribution is 5.94. The topological polar surface area (TPSA) is 95.7 Å². The van der Waals surface area contributed by atoms with E-state index in [9.17, 15) is 4.79 Å². The summed E-state index contributed by atoms with van der Waals surface area (Å²) in [6, 6.07) is 12.4. The van der Waals surface area contributed by atoms with Gasteiger partial charge in [0.25, 0.3) is 5.91 Å². The Balaban J connectivity index is 1.31. The highest BCUT2D eigenvalue weighted by Gasteiger charge is 2.13. The van der Waals surface area contributed by atoms with Crippen molar-refractivity contribution in [3.05, 3.63) is 65.3 Å². The summed E-state index contributed by atoms with van der Waals surface area (Å²) in [4.78, 5) is 16.4. The second kappa shape index (κ2) is 7.36. The number of hydrogen-bond acceptors (Lipinski definition) is 7. The second-order valence-corrected chi connectivity index (χ2v) is 5.91. The maximum Gasteiger partial charge on any atom is 0.251 e. The molecule has 8 nitrogen and oxygen atoms in total. The van der Waals surface area contributed by atoms with E-state index in [0.29, 0.717) is 35.3 Å². The SMILES string of the molecule is Cc1nc(COc2ccc(C(=O)NCc3ccc4c(c3)OCO4)cc2)no1. The molecule has 0 bridgehead atoms. The molecule has 138 valence electrons. The van der Waals surface area contributed by atoms with Crippen molar-refractivity contribution in [1.82, 2.24) is 15.5 Å². The molecule has 0 aliphatic carbocycles. The summed E-state index contributed by atoms with van der Waals surface area (Å²) in [5.41, 5.74) is 1.47. The molecule has 8 heteroatoms. The lowest BCUT2D eigenvalue weighted by Crippen LogP contribution is -2.22. The highest BCUT2D eigenvalue weighted by Crippen LogP contribution is 2.32. The standard InChI is InChI=1S/C19H17N3O5/c1-12-21-18(22-27-12)10-24-15-5-3-14(4-6-15)19(23)20-9-13-2-7-16-17(8-13)26-11-25-16/h2-8H,9-11H2,1H3,(H,20,23). The van der Waals surface area contributed by atoms with Gasteiger partial charge >= 0.3 is 0 Å². The van der Waals surface area contributed by atoms with Crippen molar-refractivity contribution < 1.29 is 23.5 Å². The van der Waals surface area contributed by atoms with E-state index in [2.05, 4.69) is 15.5 Å². The number of rotatable bonds is 6. The first-order valence-corrected chi connectivity index (χ1v) is 8.36. The molecule has 0 atom stereocenters. The van der Waals surface area contributed by atoms with Gasteiger partial charge in [-0.05, 0) is 42.0 Å². The van der Waals surface area contributed by atoms with Crippen LogP contribution in [0.2, 0.25) is 0 Å². The zero-order valence-corrected chi connectivity index (χ0v) is 14.6. The molecular weight excluding hydrogens is 350 g/mol. The van der Waals surface area contributed by atoms with Crippen LogP contribution in [0.3, 0.4) is 0 Å². The van der Waals surface area contributed by atoms with E-state index in [-0.39, 0.29) is 19.3 Å². The van der Waals surface area contributed by atoms with Gasteiger partial charge < -0.3 is 24.1 Å². The van der Waals surface area contributed by atoms with E-state index in [1.807, 2.05) is 18.2 Å². The molecule has 1 aromatic heterocycles. The quantitative estimate of drug-likeness (QED) is 0.715. The molecule has 0 radical (unpaired) electrons. The molecule has 1 aliphatic rings. The lowest BCUT2D eigenvalue weighted by molar-refractivity contribution is 0.0950. The lowest BCUT2D eigenvalue weighted by Gasteiger charge is -2.08. The van der Waals surface area contributed by atoms with Crippen LogP contribution < -0.4 is 19.5 Å². The Labute approximate surface area is 155 Å². The van der Waals surface area contributed by atoms with Crippen LogP contribution in [0.25, 0.3) is 0 Å². The van der Waals surface area contributed by atoms with Gasteiger partial charge in [-0.2, -0.15) is 4.98 Å². The smallest absolute Gasteiger partial charge is 0.251 e. The van der Waals surface area contributed by atoms with Crippen molar-refractivity contribution in [2.24, 2.45) is 0 Å². The minimum Gasteiger partial charge on any atom is -0.485 e. The van der Waals surface area contributed by atoms with Gasteiger partial charge in [0.05, 0.1) is 0 Å². The van der Waals surface area contributed by atoms with Crippen LogP contribution >= 0.6 is 0 Å². The van der Waals surface area contributed by atoms with Crippen LogP contribution in [0.15, 0.2) is 47.0 Å². The minimum absolute atomic E-state index is 0.173. The van der Waals surface area contributed by atoms with Gasteiger partial charge in [-0.25, -0.2) is 0 Å². The molecule has 3 aromatic rings. The van der Waals surface area contributed by atoms with Crippen molar-refractivity contribution in [2.45, 2.75) is 20.1 Å². The van der Waals surface area contributed by atoms with Gasteiger partial charge in [-0.3, -0.25) is 4.79 Å². The van der Waals surface area contributed by atoms with Crippen LogP contribution in [-0.4, -0.2) is 22.8 Å². The fourth-order valence-electron chi connectivity index (χ4n) is 2.59. The number of nitrogens with zero attached hydrogens (tertiary/aromatic N) is 2. The maximum atomic E-state index is 12.3. The van der Waals surface area contributed by atoms with E-state index < -0.39 is 0 Å². The molecule has 1 N–H and O–H groups in total. The number of aryl methyl sites for hydroxylation is 1. The zero-order chi connectivity index (χ0) is 18.6. The summed E-state index contributed by atoms with van der Waals surface area (Å²) in [6.45, 7) is 2.54. The van der Waals surface area contributed by atoms with Crippen LogP contribution in [0.4, 0.5) is 0 Å². The molecule has 0 saturated heterocycles. The summed E-state index contributed by atoms with van der Waals surface area (Å²) in [5.74, 6) is 2.82. The highest BCUT2D eigenvalue weighted by atomic mass is 16.7. The molecule has 4 rings (SSSR count). The van der Waals surface area contributed by atoms with E-state index >= 15 is 0 Å². The normalized spacial score (nSPS) is 12.0. The number of ether oxygens (including phenoxy) is 3. The van der Waals surface area contributed by atoms with Crippen molar-refractivity contribution >= 4 is 5.91 Å². The van der Waals surface area contributed by atoms with Crippen molar-refractivity contribution in [1.29, 1.82) is 0 Å². The van der Waals surface area contributed by atoms with Gasteiger partial charge in [0, 0.05) is 19.0 Å². The molecule has 0 saturated carbocycles. The van der Waals surface area contributed by atoms with Gasteiger partial charge in [0.15, 0.2) is 18.1 Å². The van der Waals surface area contributed by atoms with E-state index in [0.717, 1.165) is 11.3 Å². The average molecular weight is 367 g/mol. The lowest BCUT2D eigenvalue weighted by atomic mass is 10.1. The van der Waals surface area contributed by atoms with E-state index in [4.69, 9.17) is 18.7 Å². The Hall–Kier alpha value is -3.55. The predicted octanol–water partition coefficient (Wildman–Crippen LogP) is 2.62. The fraction of sp³-hybridized carbons (Fsp3) is 0.211. The average Bonchev–Trinajstić information content (AvgIpc) is 3.33. The molecule has 1 aliphatic heterocycles. The first-order chi connectivity index (χ1) is 13.2. The molecular formula is C19H17N3O5. The molecule has 0 spiro atoms.